The number of carbonyl (C=O) groups excluding carboxylic acids is 1. The second kappa shape index (κ2) is 7.78. The van der Waals surface area contributed by atoms with Crippen LogP contribution in [0.1, 0.15) is 42.5 Å². The molecule has 3 rings (SSSR count). The number of amides is 1. The molecule has 1 aliphatic heterocycles. The first kappa shape index (κ1) is 17.6. The fourth-order valence-corrected chi connectivity index (χ4v) is 3.55. The van der Waals surface area contributed by atoms with E-state index in [1.807, 2.05) is 53.8 Å². The van der Waals surface area contributed by atoms with Gasteiger partial charge in [0.2, 0.25) is 5.91 Å². The molecule has 134 valence electrons. The van der Waals surface area contributed by atoms with Crippen LogP contribution in [0.4, 0.5) is 0 Å². The summed E-state index contributed by atoms with van der Waals surface area (Å²) in [6.07, 6.45) is 2.51. The van der Waals surface area contributed by atoms with E-state index in [0.29, 0.717) is 12.3 Å². The number of nitrogens with two attached hydrogens (primary N) is 1. The summed E-state index contributed by atoms with van der Waals surface area (Å²) in [7, 11) is 0. The van der Waals surface area contributed by atoms with Gasteiger partial charge in [-0.15, -0.1) is 0 Å². The molecule has 1 aliphatic rings. The van der Waals surface area contributed by atoms with Crippen LogP contribution in [0.15, 0.2) is 30.3 Å². The molecule has 1 amide bonds. The molecule has 25 heavy (non-hydrogen) atoms. The van der Waals surface area contributed by atoms with Gasteiger partial charge in [-0.1, -0.05) is 30.3 Å². The number of likely N-dealkylation sites (tertiary alicyclic amines) is 1. The second-order valence-electron chi connectivity index (χ2n) is 6.96. The van der Waals surface area contributed by atoms with E-state index in [9.17, 15) is 4.79 Å². The van der Waals surface area contributed by atoms with Crippen molar-refractivity contribution in [2.24, 2.45) is 11.7 Å². The van der Waals surface area contributed by atoms with Crippen molar-refractivity contribution >= 4 is 5.91 Å². The Morgan fingerprint density at radius 2 is 2.08 bits per heavy atom. The number of benzene rings is 1. The minimum Gasteiger partial charge on any atom is -0.342 e. The monoisotopic (exact) mass is 341 g/mol. The summed E-state index contributed by atoms with van der Waals surface area (Å²) in [4.78, 5) is 19.0. The van der Waals surface area contributed by atoms with Crippen LogP contribution < -0.4 is 5.73 Å². The zero-order valence-corrected chi connectivity index (χ0v) is 15.1. The highest BCUT2D eigenvalue weighted by Gasteiger charge is 2.26. The summed E-state index contributed by atoms with van der Waals surface area (Å²) < 4.78 is 1.96. The Bertz CT molecular complexity index is 712. The van der Waals surface area contributed by atoms with Gasteiger partial charge in [-0.25, -0.2) is 9.67 Å². The molecule has 0 spiro atoms. The normalized spacial score (nSPS) is 19.0. The van der Waals surface area contributed by atoms with Crippen molar-refractivity contribution in [3.63, 3.8) is 0 Å². The molecule has 1 fully saturated rings. The largest absolute Gasteiger partial charge is 0.342 e. The third kappa shape index (κ3) is 4.45. The molecule has 6 nitrogen and oxygen atoms in total. The lowest BCUT2D eigenvalue weighted by Gasteiger charge is -2.33. The minimum atomic E-state index is -0.241. The van der Waals surface area contributed by atoms with E-state index < -0.39 is 0 Å². The lowest BCUT2D eigenvalue weighted by Crippen LogP contribution is -2.42. The first-order valence-corrected chi connectivity index (χ1v) is 8.99. The third-order valence-corrected chi connectivity index (χ3v) is 4.89. The number of rotatable bonds is 5. The summed E-state index contributed by atoms with van der Waals surface area (Å²) in [6.45, 7) is 6.31. The molecule has 0 saturated carbocycles. The predicted molar refractivity (Wildman–Crippen MR) is 96.8 cm³/mol. The van der Waals surface area contributed by atoms with Gasteiger partial charge in [0.1, 0.15) is 11.6 Å². The average Bonchev–Trinajstić information content (AvgIpc) is 2.93. The van der Waals surface area contributed by atoms with Crippen molar-refractivity contribution in [1.82, 2.24) is 19.7 Å². The van der Waals surface area contributed by atoms with Crippen LogP contribution in [0.5, 0.6) is 0 Å². The molecular formula is C19H27N5O. The summed E-state index contributed by atoms with van der Waals surface area (Å²) in [5.74, 6) is 2.31. The lowest BCUT2D eigenvalue weighted by molar-refractivity contribution is -0.133. The van der Waals surface area contributed by atoms with E-state index in [-0.39, 0.29) is 11.9 Å². The molecule has 1 aromatic heterocycles. The molecule has 0 radical (unpaired) electrons. The Balaban J connectivity index is 1.57. The molecule has 2 unspecified atom stereocenters. The number of nitrogens with zero attached hydrogens (tertiary/aromatic N) is 4. The number of carbonyl (C=O) groups is 1. The second-order valence-corrected chi connectivity index (χ2v) is 6.96. The van der Waals surface area contributed by atoms with Crippen molar-refractivity contribution in [2.75, 3.05) is 13.1 Å². The van der Waals surface area contributed by atoms with Gasteiger partial charge in [0.05, 0.1) is 0 Å². The summed E-state index contributed by atoms with van der Waals surface area (Å²) >= 11 is 0. The maximum absolute atomic E-state index is 12.7. The van der Waals surface area contributed by atoms with E-state index in [4.69, 9.17) is 5.73 Å². The van der Waals surface area contributed by atoms with Gasteiger partial charge in [0, 0.05) is 32.1 Å². The van der Waals surface area contributed by atoms with Crippen LogP contribution in [0.25, 0.3) is 0 Å². The molecule has 2 atom stereocenters. The summed E-state index contributed by atoms with van der Waals surface area (Å²) in [6, 6.07) is 9.59. The van der Waals surface area contributed by atoms with E-state index >= 15 is 0 Å². The molecular weight excluding hydrogens is 314 g/mol. The number of hydrogen-bond donors (Lipinski definition) is 1. The SMILES string of the molecule is Cc1nc(C)n(CC2CCCN(C(=O)CC(N)c3ccccc3)C2)n1. The van der Waals surface area contributed by atoms with Gasteiger partial charge in [0.15, 0.2) is 0 Å². The smallest absolute Gasteiger partial charge is 0.224 e. The van der Waals surface area contributed by atoms with E-state index in [2.05, 4.69) is 10.1 Å². The van der Waals surface area contributed by atoms with Crippen molar-refractivity contribution in [3.8, 4) is 0 Å². The van der Waals surface area contributed by atoms with Gasteiger partial charge in [-0.05, 0) is 38.2 Å². The molecule has 2 heterocycles. The topological polar surface area (TPSA) is 77.0 Å². The Morgan fingerprint density at radius 1 is 1.32 bits per heavy atom. The summed E-state index contributed by atoms with van der Waals surface area (Å²) in [5.41, 5.74) is 7.23. The number of piperidine rings is 1. The van der Waals surface area contributed by atoms with E-state index in [0.717, 1.165) is 49.7 Å². The molecule has 2 N–H and O–H groups in total. The Labute approximate surface area is 149 Å². The van der Waals surface area contributed by atoms with Crippen molar-refractivity contribution < 1.29 is 4.79 Å². The van der Waals surface area contributed by atoms with Crippen LogP contribution in [-0.2, 0) is 11.3 Å². The van der Waals surface area contributed by atoms with Crippen molar-refractivity contribution in [3.05, 3.63) is 47.5 Å². The highest BCUT2D eigenvalue weighted by Crippen LogP contribution is 2.21. The number of hydrogen-bond acceptors (Lipinski definition) is 4. The minimum absolute atomic E-state index is 0.146. The average molecular weight is 341 g/mol. The van der Waals surface area contributed by atoms with Gasteiger partial charge in [-0.2, -0.15) is 5.10 Å². The number of aromatic nitrogens is 3. The molecule has 1 aromatic carbocycles. The highest BCUT2D eigenvalue weighted by molar-refractivity contribution is 5.77. The highest BCUT2D eigenvalue weighted by atomic mass is 16.2. The predicted octanol–water partition coefficient (Wildman–Crippen LogP) is 2.22. The van der Waals surface area contributed by atoms with Crippen LogP contribution in [-0.4, -0.2) is 38.7 Å². The Morgan fingerprint density at radius 3 is 2.76 bits per heavy atom. The molecule has 1 saturated heterocycles. The Kier molecular flexibility index (Phi) is 5.48. The maximum atomic E-state index is 12.7. The maximum Gasteiger partial charge on any atom is 0.224 e. The number of aryl methyl sites for hydroxylation is 2. The van der Waals surface area contributed by atoms with E-state index in [1.165, 1.54) is 0 Å². The molecule has 6 heteroatoms. The third-order valence-electron chi connectivity index (χ3n) is 4.89. The van der Waals surface area contributed by atoms with Gasteiger partial charge in [0.25, 0.3) is 0 Å². The fraction of sp³-hybridized carbons (Fsp3) is 0.526. The van der Waals surface area contributed by atoms with Crippen LogP contribution in [0, 0.1) is 19.8 Å². The summed E-state index contributed by atoms with van der Waals surface area (Å²) in [5, 5.41) is 4.44. The zero-order valence-electron chi connectivity index (χ0n) is 15.1. The van der Waals surface area contributed by atoms with E-state index in [1.54, 1.807) is 0 Å². The lowest BCUT2D eigenvalue weighted by atomic mass is 9.96. The van der Waals surface area contributed by atoms with Crippen LogP contribution in [0.3, 0.4) is 0 Å². The van der Waals surface area contributed by atoms with Gasteiger partial charge >= 0.3 is 0 Å². The van der Waals surface area contributed by atoms with Crippen molar-refractivity contribution in [2.45, 2.75) is 45.7 Å². The quantitative estimate of drug-likeness (QED) is 0.905. The van der Waals surface area contributed by atoms with Gasteiger partial charge < -0.3 is 10.6 Å². The van der Waals surface area contributed by atoms with Crippen LogP contribution in [0.2, 0.25) is 0 Å². The fourth-order valence-electron chi connectivity index (χ4n) is 3.55. The van der Waals surface area contributed by atoms with Crippen LogP contribution >= 0.6 is 0 Å². The van der Waals surface area contributed by atoms with Gasteiger partial charge in [-0.3, -0.25) is 4.79 Å². The zero-order chi connectivity index (χ0) is 17.8. The molecule has 0 aliphatic carbocycles. The first-order chi connectivity index (χ1) is 12.0. The Hall–Kier alpha value is -2.21. The first-order valence-electron chi connectivity index (χ1n) is 8.99. The standard InChI is InChI=1S/C19H27N5O/c1-14-21-15(2)24(22-14)13-16-7-6-10-23(12-16)19(25)11-18(20)17-8-4-3-5-9-17/h3-5,8-9,16,18H,6-7,10-13,20H2,1-2H3. The molecule has 2 aromatic rings. The molecule has 0 bridgehead atoms. The van der Waals surface area contributed by atoms with Crippen molar-refractivity contribution in [1.29, 1.82) is 0 Å².